The number of rotatable bonds is 6. The molecule has 1 aromatic heterocycles. The Kier molecular flexibility index (Phi) is 5.78. The van der Waals surface area contributed by atoms with Crippen molar-refractivity contribution in [3.05, 3.63) is 35.7 Å². The van der Waals surface area contributed by atoms with E-state index in [0.717, 1.165) is 13.0 Å². The van der Waals surface area contributed by atoms with Crippen LogP contribution in [0.3, 0.4) is 0 Å². The zero-order valence-corrected chi connectivity index (χ0v) is 14.1. The van der Waals surface area contributed by atoms with Crippen LogP contribution in [0.2, 0.25) is 0 Å². The van der Waals surface area contributed by atoms with Gasteiger partial charge in [-0.25, -0.2) is 0 Å². The smallest absolute Gasteiger partial charge is 0.350 e. The predicted octanol–water partition coefficient (Wildman–Crippen LogP) is 2.83. The van der Waals surface area contributed by atoms with Gasteiger partial charge in [0.15, 0.2) is 0 Å². The lowest BCUT2D eigenvalue weighted by molar-refractivity contribution is -0.159. The summed E-state index contributed by atoms with van der Waals surface area (Å²) in [4.78, 5) is 17.5. The first-order valence-corrected chi connectivity index (χ1v) is 7.63. The Morgan fingerprint density at radius 2 is 1.92 bits per heavy atom. The molecule has 0 aliphatic carbocycles. The molecule has 0 saturated carbocycles. The van der Waals surface area contributed by atoms with Crippen LogP contribution in [0.1, 0.15) is 29.6 Å². The minimum atomic E-state index is -4.69. The fraction of sp³-hybridized carbons (Fsp3) is 0.438. The molecule has 1 amide bonds. The summed E-state index contributed by atoms with van der Waals surface area (Å²) in [6, 6.07) is 5.97. The highest BCUT2D eigenvalue weighted by Crippen LogP contribution is 2.29. The number of carbonyl (C=O) groups excluding carboxylic acids is 1. The van der Waals surface area contributed by atoms with Crippen molar-refractivity contribution >= 4 is 5.91 Å². The molecule has 0 aliphatic rings. The Morgan fingerprint density at radius 1 is 1.28 bits per heavy atom. The van der Waals surface area contributed by atoms with Crippen molar-refractivity contribution in [2.45, 2.75) is 25.6 Å². The van der Waals surface area contributed by atoms with E-state index in [9.17, 15) is 18.0 Å². The summed E-state index contributed by atoms with van der Waals surface area (Å²) in [5.41, 5.74) is 0.733. The minimum absolute atomic E-state index is 0.00104. The first-order valence-electron chi connectivity index (χ1n) is 7.63. The monoisotopic (exact) mass is 356 g/mol. The number of amides is 1. The van der Waals surface area contributed by atoms with Crippen molar-refractivity contribution in [1.29, 1.82) is 0 Å². The van der Waals surface area contributed by atoms with Gasteiger partial charge in [0, 0.05) is 17.2 Å². The molecule has 0 bridgehead atoms. The van der Waals surface area contributed by atoms with Gasteiger partial charge in [-0.3, -0.25) is 4.79 Å². The van der Waals surface area contributed by atoms with E-state index in [2.05, 4.69) is 20.0 Å². The summed E-state index contributed by atoms with van der Waals surface area (Å²) < 4.78 is 41.6. The van der Waals surface area contributed by atoms with Gasteiger partial charge in [-0.2, -0.15) is 18.2 Å². The van der Waals surface area contributed by atoms with Crippen molar-refractivity contribution in [2.75, 3.05) is 20.6 Å². The third-order valence-electron chi connectivity index (χ3n) is 3.46. The van der Waals surface area contributed by atoms with Crippen LogP contribution >= 0.6 is 0 Å². The topological polar surface area (TPSA) is 71.3 Å². The number of benzene rings is 1. The number of hydrogen-bond acceptors (Lipinski definition) is 5. The van der Waals surface area contributed by atoms with E-state index in [1.807, 2.05) is 25.9 Å². The summed E-state index contributed by atoms with van der Waals surface area (Å²) in [6.07, 6.45) is -3.88. The maximum atomic E-state index is 12.5. The lowest BCUT2D eigenvalue weighted by Crippen LogP contribution is -2.34. The SMILES string of the molecule is C[C@@H](CCN(C)C)NC(=O)c1ccc(-c2noc(C(F)(F)F)n2)cc1. The van der Waals surface area contributed by atoms with E-state index >= 15 is 0 Å². The van der Waals surface area contributed by atoms with E-state index in [4.69, 9.17) is 0 Å². The van der Waals surface area contributed by atoms with Crippen molar-refractivity contribution in [2.24, 2.45) is 0 Å². The highest BCUT2D eigenvalue weighted by molar-refractivity contribution is 5.94. The number of nitrogens with one attached hydrogen (secondary N) is 1. The first-order chi connectivity index (χ1) is 11.7. The molecular weight excluding hydrogens is 337 g/mol. The van der Waals surface area contributed by atoms with Gasteiger partial charge >= 0.3 is 12.1 Å². The van der Waals surface area contributed by atoms with Gasteiger partial charge < -0.3 is 14.7 Å². The normalized spacial score (nSPS) is 13.1. The maximum absolute atomic E-state index is 12.5. The van der Waals surface area contributed by atoms with Gasteiger partial charge in [0.1, 0.15) is 0 Å². The molecule has 1 atom stereocenters. The van der Waals surface area contributed by atoms with E-state index in [1.54, 1.807) is 0 Å². The predicted molar refractivity (Wildman–Crippen MR) is 84.8 cm³/mol. The molecule has 0 unspecified atom stereocenters. The molecule has 6 nitrogen and oxygen atoms in total. The van der Waals surface area contributed by atoms with Crippen LogP contribution in [0.5, 0.6) is 0 Å². The Balaban J connectivity index is 2.02. The highest BCUT2D eigenvalue weighted by Gasteiger charge is 2.38. The second-order valence-electron chi connectivity index (χ2n) is 5.96. The van der Waals surface area contributed by atoms with Crippen LogP contribution < -0.4 is 5.32 Å². The van der Waals surface area contributed by atoms with Crippen LogP contribution in [0.15, 0.2) is 28.8 Å². The van der Waals surface area contributed by atoms with Crippen molar-refractivity contribution in [1.82, 2.24) is 20.4 Å². The average molecular weight is 356 g/mol. The summed E-state index contributed by atoms with van der Waals surface area (Å²) >= 11 is 0. The van der Waals surface area contributed by atoms with Crippen molar-refractivity contribution in [3.8, 4) is 11.4 Å². The molecule has 1 aromatic carbocycles. The van der Waals surface area contributed by atoms with Crippen LogP contribution in [-0.2, 0) is 6.18 Å². The van der Waals surface area contributed by atoms with E-state index in [0.29, 0.717) is 11.1 Å². The summed E-state index contributed by atoms with van der Waals surface area (Å²) in [6.45, 7) is 2.76. The number of halogens is 3. The summed E-state index contributed by atoms with van der Waals surface area (Å²) in [5, 5.41) is 6.18. The molecule has 2 rings (SSSR count). The molecule has 0 fully saturated rings. The Labute approximate surface area is 143 Å². The summed E-state index contributed by atoms with van der Waals surface area (Å²) in [7, 11) is 3.91. The number of hydrogen-bond donors (Lipinski definition) is 1. The van der Waals surface area contributed by atoms with Crippen LogP contribution in [0.4, 0.5) is 13.2 Å². The molecule has 0 aliphatic heterocycles. The van der Waals surface area contributed by atoms with E-state index in [-0.39, 0.29) is 17.8 Å². The van der Waals surface area contributed by atoms with Gasteiger partial charge in [-0.05, 0) is 46.1 Å². The highest BCUT2D eigenvalue weighted by atomic mass is 19.4. The fourth-order valence-corrected chi connectivity index (χ4v) is 2.06. The second kappa shape index (κ2) is 7.64. The molecule has 0 saturated heterocycles. The van der Waals surface area contributed by atoms with Gasteiger partial charge in [-0.1, -0.05) is 17.3 Å². The molecule has 1 heterocycles. The third-order valence-corrected chi connectivity index (χ3v) is 3.46. The maximum Gasteiger partial charge on any atom is 0.471 e. The van der Waals surface area contributed by atoms with Gasteiger partial charge in [0.2, 0.25) is 5.82 Å². The lowest BCUT2D eigenvalue weighted by atomic mass is 10.1. The molecule has 0 spiro atoms. The number of nitrogens with zero attached hydrogens (tertiary/aromatic N) is 3. The quantitative estimate of drug-likeness (QED) is 0.862. The Hall–Kier alpha value is -2.42. The summed E-state index contributed by atoms with van der Waals surface area (Å²) in [5.74, 6) is -1.83. The van der Waals surface area contributed by atoms with Crippen LogP contribution in [0, 0.1) is 0 Å². The average Bonchev–Trinajstić information content (AvgIpc) is 3.03. The van der Waals surface area contributed by atoms with Crippen molar-refractivity contribution < 1.29 is 22.5 Å². The standard InChI is InChI=1S/C16H19F3N4O2/c1-10(8-9-23(2)3)20-14(24)12-6-4-11(5-7-12)13-21-15(25-22-13)16(17,18)19/h4-7,10H,8-9H2,1-3H3,(H,20,24)/t10-/m0/s1. The molecular formula is C16H19F3N4O2. The third kappa shape index (κ3) is 5.28. The second-order valence-corrected chi connectivity index (χ2v) is 5.96. The molecule has 0 radical (unpaired) electrons. The van der Waals surface area contributed by atoms with Crippen molar-refractivity contribution in [3.63, 3.8) is 0 Å². The first kappa shape index (κ1) is 18.9. The van der Waals surface area contributed by atoms with Crippen LogP contribution in [0.25, 0.3) is 11.4 Å². The zero-order valence-electron chi connectivity index (χ0n) is 14.1. The van der Waals surface area contributed by atoms with Gasteiger partial charge in [0.25, 0.3) is 5.91 Å². The van der Waals surface area contributed by atoms with Gasteiger partial charge in [0.05, 0.1) is 0 Å². The number of alkyl halides is 3. The lowest BCUT2D eigenvalue weighted by Gasteiger charge is -2.16. The number of carbonyl (C=O) groups is 1. The van der Waals surface area contributed by atoms with Gasteiger partial charge in [-0.15, -0.1) is 0 Å². The fourth-order valence-electron chi connectivity index (χ4n) is 2.06. The van der Waals surface area contributed by atoms with Crippen LogP contribution in [-0.4, -0.2) is 47.6 Å². The Bertz CT molecular complexity index is 711. The molecule has 1 N–H and O–H groups in total. The largest absolute Gasteiger partial charge is 0.471 e. The zero-order chi connectivity index (χ0) is 18.6. The van der Waals surface area contributed by atoms with E-state index < -0.39 is 12.1 Å². The van der Waals surface area contributed by atoms with E-state index in [1.165, 1.54) is 24.3 Å². The molecule has 136 valence electrons. The Morgan fingerprint density at radius 3 is 2.44 bits per heavy atom. The molecule has 25 heavy (non-hydrogen) atoms. The molecule has 2 aromatic rings. The number of aromatic nitrogens is 2. The minimum Gasteiger partial charge on any atom is -0.350 e. The molecule has 9 heteroatoms.